The van der Waals surface area contributed by atoms with Gasteiger partial charge in [-0.05, 0) is 98.9 Å². The Labute approximate surface area is 407 Å². The fourth-order valence-corrected chi connectivity index (χ4v) is 11.6. The Morgan fingerprint density at radius 2 is 1.26 bits per heavy atom. The first-order chi connectivity index (χ1) is 31.0. The van der Waals surface area contributed by atoms with Gasteiger partial charge >= 0.3 is 0 Å². The number of rotatable bonds is 5. The molecule has 0 radical (unpaired) electrons. The first kappa shape index (κ1) is 42.9. The molecular formula is C58H52N5OPtS-3. The van der Waals surface area contributed by atoms with Crippen LogP contribution in [-0.2, 0) is 42.7 Å². The Kier molecular flexibility index (Phi) is 9.50. The predicted octanol–water partition coefficient (Wildman–Crippen LogP) is 15.3. The zero-order valence-corrected chi connectivity index (χ0v) is 42.2. The fraction of sp³-hybridized carbons (Fsp3) is 0.241. The molecule has 66 heavy (non-hydrogen) atoms. The summed E-state index contributed by atoms with van der Waals surface area (Å²) in [4.78, 5) is 14.5. The van der Waals surface area contributed by atoms with E-state index >= 15 is 0 Å². The summed E-state index contributed by atoms with van der Waals surface area (Å²) in [5.41, 5.74) is 15.3. The molecule has 2 aromatic heterocycles. The third kappa shape index (κ3) is 6.36. The van der Waals surface area contributed by atoms with Gasteiger partial charge in [-0.3, -0.25) is 0 Å². The average molecular weight is 1060 g/mol. The van der Waals surface area contributed by atoms with E-state index < -0.39 is 0 Å². The maximum Gasteiger partial charge on any atom is 0.135 e. The second kappa shape index (κ2) is 14.6. The number of hydrogen-bond donors (Lipinski definition) is 0. The van der Waals surface area contributed by atoms with Crippen molar-refractivity contribution in [1.29, 1.82) is 0 Å². The fourth-order valence-electron chi connectivity index (χ4n) is 10.5. The van der Waals surface area contributed by atoms with Crippen molar-refractivity contribution in [2.45, 2.75) is 101 Å². The Hall–Kier alpha value is -5.75. The summed E-state index contributed by atoms with van der Waals surface area (Å²) >= 11 is 1.91. The van der Waals surface area contributed by atoms with Crippen LogP contribution in [0.4, 0.5) is 28.4 Å². The minimum atomic E-state index is -0.214. The molecular weight excluding hydrogens is 1010 g/mol. The quantitative estimate of drug-likeness (QED) is 0.160. The van der Waals surface area contributed by atoms with Crippen LogP contribution >= 0.6 is 11.8 Å². The van der Waals surface area contributed by atoms with Crippen LogP contribution in [0.1, 0.15) is 103 Å². The van der Waals surface area contributed by atoms with E-state index in [-0.39, 0.29) is 42.7 Å². The number of para-hydroxylation sites is 3. The van der Waals surface area contributed by atoms with E-state index in [2.05, 4.69) is 223 Å². The first-order valence-corrected chi connectivity index (χ1v) is 23.5. The number of ether oxygens (including phenoxy) is 1. The minimum Gasteiger partial charge on any atom is -0.509 e. The zero-order chi connectivity index (χ0) is 44.9. The summed E-state index contributed by atoms with van der Waals surface area (Å²) in [6, 6.07) is 47.2. The summed E-state index contributed by atoms with van der Waals surface area (Å²) in [5, 5.41) is 2.25. The summed E-state index contributed by atoms with van der Waals surface area (Å²) in [5.74, 6) is 2.11. The molecule has 0 unspecified atom stereocenters. The smallest absolute Gasteiger partial charge is 0.135 e. The van der Waals surface area contributed by atoms with Crippen LogP contribution in [0.3, 0.4) is 0 Å². The number of aromatic nitrogens is 2. The molecule has 6 heterocycles. The Bertz CT molecular complexity index is 3280. The van der Waals surface area contributed by atoms with E-state index in [0.717, 1.165) is 44.6 Å². The predicted molar refractivity (Wildman–Crippen MR) is 268 cm³/mol. The van der Waals surface area contributed by atoms with E-state index in [4.69, 9.17) is 9.72 Å². The van der Waals surface area contributed by atoms with Crippen molar-refractivity contribution in [3.63, 3.8) is 0 Å². The summed E-state index contributed by atoms with van der Waals surface area (Å²) in [7, 11) is 0. The van der Waals surface area contributed by atoms with Crippen molar-refractivity contribution in [2.75, 3.05) is 14.7 Å². The van der Waals surface area contributed by atoms with Crippen LogP contribution in [0.25, 0.3) is 27.6 Å². The van der Waals surface area contributed by atoms with Crippen molar-refractivity contribution in [1.82, 2.24) is 9.55 Å². The molecule has 0 amide bonds. The van der Waals surface area contributed by atoms with Crippen molar-refractivity contribution >= 4 is 62.0 Å². The molecule has 0 aliphatic carbocycles. The van der Waals surface area contributed by atoms with Gasteiger partial charge < -0.3 is 24.0 Å². The van der Waals surface area contributed by atoms with Crippen LogP contribution in [0, 0.1) is 18.8 Å². The molecule has 8 heteroatoms. The monoisotopic (exact) mass is 1060 g/mol. The first-order valence-electron chi connectivity index (χ1n) is 22.7. The van der Waals surface area contributed by atoms with Gasteiger partial charge in [0.1, 0.15) is 5.82 Å². The Balaban J connectivity index is 0.00000481. The molecule has 0 saturated carbocycles. The van der Waals surface area contributed by atoms with E-state index in [0.29, 0.717) is 11.5 Å². The van der Waals surface area contributed by atoms with Crippen LogP contribution < -0.4 is 19.4 Å². The van der Waals surface area contributed by atoms with E-state index in [1.165, 1.54) is 54.7 Å². The van der Waals surface area contributed by atoms with Gasteiger partial charge in [0.05, 0.1) is 17.1 Å². The molecule has 0 saturated heterocycles. The van der Waals surface area contributed by atoms with Crippen molar-refractivity contribution < 1.29 is 25.8 Å². The van der Waals surface area contributed by atoms with Gasteiger partial charge in [-0.25, -0.2) is 4.98 Å². The molecule has 334 valence electrons. The second-order valence-corrected chi connectivity index (χ2v) is 22.3. The molecule has 4 aliphatic rings. The molecule has 0 N–H and O–H groups in total. The van der Waals surface area contributed by atoms with Crippen LogP contribution in [-0.4, -0.2) is 9.55 Å². The third-order valence-electron chi connectivity index (χ3n) is 14.2. The number of benzene rings is 6. The second-order valence-electron chi connectivity index (χ2n) is 21.2. The van der Waals surface area contributed by atoms with Gasteiger partial charge in [0, 0.05) is 70.6 Å². The molecule has 0 spiro atoms. The number of anilines is 5. The van der Waals surface area contributed by atoms with Crippen molar-refractivity contribution in [3.8, 4) is 17.3 Å². The maximum atomic E-state index is 6.79. The number of fused-ring (bicyclic) bond motifs is 3. The summed E-state index contributed by atoms with van der Waals surface area (Å²) in [6.07, 6.45) is 6.20. The van der Waals surface area contributed by atoms with Crippen LogP contribution in [0.2, 0.25) is 0 Å². The van der Waals surface area contributed by atoms with Gasteiger partial charge in [-0.1, -0.05) is 129 Å². The zero-order valence-electron chi connectivity index (χ0n) is 39.1. The SMILES string of the molecule is CC(C)(C)c1cc(Oc2[c-]c3c(cc2)c2ccccc2n3-c2cc(C(C)(C)C)ccn2)[c-]c(N2C=CN(c3cc4c5c(c3)C(C)(C)c3cccc6c3N5c3c(cccc3C4(C)C)S6)[CH-]2)c1.[Pt]. The minimum absolute atomic E-state index is 0. The molecule has 8 aromatic rings. The Morgan fingerprint density at radius 1 is 0.606 bits per heavy atom. The van der Waals surface area contributed by atoms with Crippen molar-refractivity contribution in [3.05, 3.63) is 180 Å². The third-order valence-corrected chi connectivity index (χ3v) is 15.3. The topological polar surface area (TPSA) is 36.8 Å². The number of pyridine rings is 1. The van der Waals surface area contributed by atoms with Gasteiger partial charge in [-0.15, -0.1) is 53.6 Å². The summed E-state index contributed by atoms with van der Waals surface area (Å²) in [6.45, 7) is 25.2. The molecule has 0 fully saturated rings. The number of hydrogen-bond acceptors (Lipinski definition) is 6. The largest absolute Gasteiger partial charge is 0.509 e. The standard InChI is InChI=1S/C58H52N5OS.Pt/c1-55(2,3)35-23-24-59-51(29-35)62-47-18-12-11-15-41(47)42-22-21-39(33-48(42)62)64-40-28-36(56(4,5)6)27-37(30-40)60-25-26-61(34-60)38-31-45-52-46(32-38)58(9,10)44-17-14-20-50-54(44)63(52)53-43(57(45,7)8)16-13-19-49(53)65-50;/h11-29,31-32,34H,1-10H3;/q-3;. The number of nitrogens with zero attached hydrogens (tertiary/aromatic N) is 5. The van der Waals surface area contributed by atoms with E-state index in [1.54, 1.807) is 0 Å². The molecule has 4 aliphatic heterocycles. The normalized spacial score (nSPS) is 16.2. The van der Waals surface area contributed by atoms with E-state index in [1.807, 2.05) is 24.0 Å². The molecule has 6 nitrogen and oxygen atoms in total. The van der Waals surface area contributed by atoms with E-state index in [9.17, 15) is 0 Å². The van der Waals surface area contributed by atoms with Gasteiger partial charge in [0.25, 0.3) is 0 Å². The summed E-state index contributed by atoms with van der Waals surface area (Å²) < 4.78 is 9.00. The molecule has 12 rings (SSSR count). The van der Waals surface area contributed by atoms with Crippen LogP contribution in [0.15, 0.2) is 138 Å². The Morgan fingerprint density at radius 3 is 1.92 bits per heavy atom. The van der Waals surface area contributed by atoms with Gasteiger partial charge in [-0.2, -0.15) is 6.07 Å². The molecule has 6 aromatic carbocycles. The van der Waals surface area contributed by atoms with Gasteiger partial charge in [0.2, 0.25) is 0 Å². The van der Waals surface area contributed by atoms with Gasteiger partial charge in [0.15, 0.2) is 0 Å². The van der Waals surface area contributed by atoms with Crippen LogP contribution in [0.5, 0.6) is 11.5 Å². The maximum absolute atomic E-state index is 6.79. The van der Waals surface area contributed by atoms with Crippen molar-refractivity contribution in [2.24, 2.45) is 0 Å². The average Bonchev–Trinajstić information content (AvgIpc) is 3.90. The molecule has 0 bridgehead atoms. The molecule has 0 atom stereocenters.